The van der Waals surface area contributed by atoms with Crippen LogP contribution in [0.1, 0.15) is 47.0 Å². The quantitative estimate of drug-likeness (QED) is 0.862. The van der Waals surface area contributed by atoms with Gasteiger partial charge in [0.15, 0.2) is 0 Å². The van der Waals surface area contributed by atoms with E-state index in [9.17, 15) is 13.2 Å². The number of amides is 1. The zero-order chi connectivity index (χ0) is 18.1. The number of carbonyl (C=O) groups excluding carboxylic acids is 1. The fourth-order valence-corrected chi connectivity index (χ4v) is 6.66. The van der Waals surface area contributed by atoms with E-state index in [1.165, 1.54) is 15.6 Å². The summed E-state index contributed by atoms with van der Waals surface area (Å²) in [6.07, 6.45) is 5.37. The summed E-state index contributed by atoms with van der Waals surface area (Å²) in [4.78, 5) is 15.4. The molecule has 4 heterocycles. The molecule has 2 fully saturated rings. The van der Waals surface area contributed by atoms with Crippen molar-refractivity contribution in [1.82, 2.24) is 19.4 Å². The molecule has 2 aromatic heterocycles. The van der Waals surface area contributed by atoms with Crippen LogP contribution < -0.4 is 0 Å². The molecule has 0 bridgehead atoms. The Labute approximate surface area is 157 Å². The summed E-state index contributed by atoms with van der Waals surface area (Å²) in [5.74, 6) is 0.0378. The molecule has 0 unspecified atom stereocenters. The summed E-state index contributed by atoms with van der Waals surface area (Å²) in [6.45, 7) is 2.32. The number of likely N-dealkylation sites (tertiary alicyclic amines) is 1. The third-order valence-electron chi connectivity index (χ3n) is 5.18. The molecule has 9 heteroatoms. The average Bonchev–Trinajstić information content (AvgIpc) is 3.43. The van der Waals surface area contributed by atoms with Gasteiger partial charge in [-0.05, 0) is 43.2 Å². The van der Waals surface area contributed by atoms with Gasteiger partial charge in [0.1, 0.15) is 9.77 Å². The van der Waals surface area contributed by atoms with Gasteiger partial charge < -0.3 is 4.90 Å². The van der Waals surface area contributed by atoms with Crippen LogP contribution in [0.4, 0.5) is 0 Å². The van der Waals surface area contributed by atoms with E-state index >= 15 is 0 Å². The van der Waals surface area contributed by atoms with Crippen LogP contribution in [0.25, 0.3) is 0 Å². The lowest BCUT2D eigenvalue weighted by atomic mass is 9.95. The smallest absolute Gasteiger partial charge is 0.265 e. The van der Waals surface area contributed by atoms with Crippen LogP contribution in [0.2, 0.25) is 0 Å². The highest BCUT2D eigenvalue weighted by molar-refractivity contribution is 7.89. The Kier molecular flexibility index (Phi) is 4.85. The minimum atomic E-state index is -3.59. The number of hydrogen-bond acceptors (Lipinski definition) is 5. The summed E-state index contributed by atoms with van der Waals surface area (Å²) in [7, 11) is -3.59. The molecule has 4 rings (SSSR count). The highest BCUT2D eigenvalue weighted by Crippen LogP contribution is 2.31. The fourth-order valence-electron chi connectivity index (χ4n) is 3.78. The Bertz CT molecular complexity index is 870. The zero-order valence-corrected chi connectivity index (χ0v) is 16.1. The Hall–Kier alpha value is -1.71. The molecule has 2 aliphatic heterocycles. The molecule has 0 spiro atoms. The van der Waals surface area contributed by atoms with Crippen molar-refractivity contribution in [2.45, 2.75) is 36.5 Å². The summed E-state index contributed by atoms with van der Waals surface area (Å²) in [5.41, 5.74) is 1.03. The number of thiophene rings is 1. The average molecular weight is 395 g/mol. The number of carbonyl (C=O) groups is 1. The van der Waals surface area contributed by atoms with Crippen LogP contribution in [0.3, 0.4) is 0 Å². The number of nitrogens with zero attached hydrogens (tertiary/aromatic N) is 3. The van der Waals surface area contributed by atoms with Gasteiger partial charge in [-0.3, -0.25) is 9.89 Å². The van der Waals surface area contributed by atoms with Crippen molar-refractivity contribution in [1.29, 1.82) is 0 Å². The maximum absolute atomic E-state index is 13.1. The normalized spacial score (nSPS) is 22.0. The lowest BCUT2D eigenvalue weighted by Crippen LogP contribution is -2.39. The molecule has 2 aromatic rings. The molecule has 1 amide bonds. The Morgan fingerprint density at radius 1 is 1.19 bits per heavy atom. The van der Waals surface area contributed by atoms with E-state index in [-0.39, 0.29) is 16.7 Å². The molecule has 7 nitrogen and oxygen atoms in total. The minimum Gasteiger partial charge on any atom is -0.337 e. The predicted molar refractivity (Wildman–Crippen MR) is 98.8 cm³/mol. The maximum atomic E-state index is 13.1. The monoisotopic (exact) mass is 394 g/mol. The number of sulfonamides is 1. The molecule has 0 aliphatic carbocycles. The van der Waals surface area contributed by atoms with Crippen LogP contribution in [-0.2, 0) is 10.0 Å². The number of piperidine rings is 1. The van der Waals surface area contributed by atoms with Gasteiger partial charge in [-0.25, -0.2) is 8.42 Å². The lowest BCUT2D eigenvalue weighted by molar-refractivity contribution is 0.0707. The number of rotatable bonds is 4. The van der Waals surface area contributed by atoms with Crippen molar-refractivity contribution in [3.8, 4) is 0 Å². The minimum absolute atomic E-state index is 0.165. The van der Waals surface area contributed by atoms with Crippen LogP contribution in [0.15, 0.2) is 28.6 Å². The number of hydrogen-bond donors (Lipinski definition) is 1. The van der Waals surface area contributed by atoms with Crippen molar-refractivity contribution in [2.75, 3.05) is 26.2 Å². The van der Waals surface area contributed by atoms with E-state index in [1.54, 1.807) is 22.5 Å². The standard InChI is InChI=1S/C17H22N4O3S2/c22-17(20-8-3-4-13(12-20)14-5-7-18-19-14)16-15(6-11-25-16)26(23,24)21-9-1-2-10-21/h5-7,11,13H,1-4,8-10,12H2,(H,18,19)/t13-/m1/s1. The van der Waals surface area contributed by atoms with E-state index in [1.807, 2.05) is 6.07 Å². The van der Waals surface area contributed by atoms with Crippen molar-refractivity contribution in [3.05, 3.63) is 34.3 Å². The molecule has 140 valence electrons. The van der Waals surface area contributed by atoms with E-state index in [0.29, 0.717) is 31.1 Å². The van der Waals surface area contributed by atoms with E-state index in [0.717, 1.165) is 31.4 Å². The number of aromatic nitrogens is 2. The fraction of sp³-hybridized carbons (Fsp3) is 0.529. The highest BCUT2D eigenvalue weighted by Gasteiger charge is 2.34. The van der Waals surface area contributed by atoms with Gasteiger partial charge in [0, 0.05) is 44.0 Å². The van der Waals surface area contributed by atoms with Crippen LogP contribution in [0.5, 0.6) is 0 Å². The topological polar surface area (TPSA) is 86.4 Å². The largest absolute Gasteiger partial charge is 0.337 e. The molecule has 0 radical (unpaired) electrons. The van der Waals surface area contributed by atoms with Crippen LogP contribution in [0, 0.1) is 0 Å². The summed E-state index contributed by atoms with van der Waals surface area (Å²) in [5, 5.41) is 8.68. The zero-order valence-electron chi connectivity index (χ0n) is 14.4. The van der Waals surface area contributed by atoms with Gasteiger partial charge in [-0.2, -0.15) is 9.40 Å². The molecular weight excluding hydrogens is 372 g/mol. The molecule has 26 heavy (non-hydrogen) atoms. The second-order valence-corrected chi connectivity index (χ2v) is 9.65. The van der Waals surface area contributed by atoms with Crippen molar-refractivity contribution in [3.63, 3.8) is 0 Å². The first-order valence-corrected chi connectivity index (χ1v) is 11.3. The van der Waals surface area contributed by atoms with Gasteiger partial charge in [0.25, 0.3) is 5.91 Å². The van der Waals surface area contributed by atoms with E-state index in [4.69, 9.17) is 0 Å². The molecular formula is C17H22N4O3S2. The molecule has 0 saturated carbocycles. The highest BCUT2D eigenvalue weighted by atomic mass is 32.2. The van der Waals surface area contributed by atoms with E-state index < -0.39 is 10.0 Å². The molecule has 2 saturated heterocycles. The van der Waals surface area contributed by atoms with Crippen molar-refractivity contribution in [2.24, 2.45) is 0 Å². The predicted octanol–water partition coefficient (Wildman–Crippen LogP) is 2.28. The van der Waals surface area contributed by atoms with Crippen molar-refractivity contribution < 1.29 is 13.2 Å². The van der Waals surface area contributed by atoms with Crippen LogP contribution in [-0.4, -0.2) is 59.9 Å². The van der Waals surface area contributed by atoms with Gasteiger partial charge in [0.2, 0.25) is 10.0 Å². The van der Waals surface area contributed by atoms with Crippen molar-refractivity contribution >= 4 is 27.3 Å². The van der Waals surface area contributed by atoms with Crippen LogP contribution >= 0.6 is 11.3 Å². The van der Waals surface area contributed by atoms with Gasteiger partial charge >= 0.3 is 0 Å². The van der Waals surface area contributed by atoms with Gasteiger partial charge in [-0.15, -0.1) is 11.3 Å². The first-order chi connectivity index (χ1) is 12.6. The number of H-pyrrole nitrogens is 1. The summed E-state index contributed by atoms with van der Waals surface area (Å²) >= 11 is 1.22. The number of nitrogens with one attached hydrogen (secondary N) is 1. The summed E-state index contributed by atoms with van der Waals surface area (Å²) < 4.78 is 27.3. The molecule has 1 N–H and O–H groups in total. The first kappa shape index (κ1) is 17.7. The van der Waals surface area contributed by atoms with Gasteiger partial charge in [-0.1, -0.05) is 0 Å². The Morgan fingerprint density at radius 3 is 2.73 bits per heavy atom. The third-order valence-corrected chi connectivity index (χ3v) is 8.15. The summed E-state index contributed by atoms with van der Waals surface area (Å²) in [6, 6.07) is 3.51. The number of aromatic amines is 1. The Balaban J connectivity index is 1.56. The van der Waals surface area contributed by atoms with E-state index in [2.05, 4.69) is 10.2 Å². The Morgan fingerprint density at radius 2 is 2.00 bits per heavy atom. The second-order valence-electron chi connectivity index (χ2n) is 6.83. The third kappa shape index (κ3) is 3.19. The maximum Gasteiger partial charge on any atom is 0.265 e. The molecule has 0 aromatic carbocycles. The first-order valence-electron chi connectivity index (χ1n) is 8.93. The lowest BCUT2D eigenvalue weighted by Gasteiger charge is -2.32. The molecule has 1 atom stereocenters. The van der Waals surface area contributed by atoms with Gasteiger partial charge in [0.05, 0.1) is 0 Å². The SMILES string of the molecule is O=C(c1sccc1S(=O)(=O)N1CCCC1)N1CCC[C@@H](c2ccn[nH]2)C1. The second kappa shape index (κ2) is 7.13. The molecule has 2 aliphatic rings.